The lowest BCUT2D eigenvalue weighted by atomic mass is 9.62. The Morgan fingerprint density at radius 3 is 2.67 bits per heavy atom. The number of ketones is 2. The Kier molecular flexibility index (Phi) is 5.88. The SMILES string of the molecule is O=C(CCc1cn2cc(CCC3(c4ccccc4)CCC3)ccc2n1)C1=CC(=O)C2C=CC=CC2=C1. The zero-order chi connectivity index (χ0) is 24.5. The highest BCUT2D eigenvalue weighted by Crippen LogP contribution is 2.47. The molecule has 1 aromatic carbocycles. The van der Waals surface area contributed by atoms with Crippen molar-refractivity contribution in [1.82, 2.24) is 9.38 Å². The summed E-state index contributed by atoms with van der Waals surface area (Å²) in [6, 6.07) is 15.2. The number of hydrogen-bond donors (Lipinski definition) is 0. The molecule has 1 atom stereocenters. The van der Waals surface area contributed by atoms with Gasteiger partial charge in [-0.3, -0.25) is 9.59 Å². The van der Waals surface area contributed by atoms with Gasteiger partial charge in [0.05, 0.1) is 11.6 Å². The molecule has 6 rings (SSSR count). The highest BCUT2D eigenvalue weighted by molar-refractivity contribution is 6.09. The van der Waals surface area contributed by atoms with E-state index in [-0.39, 0.29) is 17.5 Å². The first-order chi connectivity index (χ1) is 17.6. The largest absolute Gasteiger partial charge is 0.307 e. The summed E-state index contributed by atoms with van der Waals surface area (Å²) in [6.07, 6.45) is 22.1. The molecular weight excluding hydrogens is 444 g/mol. The van der Waals surface area contributed by atoms with Gasteiger partial charge >= 0.3 is 0 Å². The number of Topliss-reactive ketones (excluding diaryl/α,β-unsaturated/α-hetero) is 1. The zero-order valence-corrected chi connectivity index (χ0v) is 20.4. The molecule has 4 heteroatoms. The molecule has 1 saturated carbocycles. The second-order valence-corrected chi connectivity index (χ2v) is 10.3. The second-order valence-electron chi connectivity index (χ2n) is 10.3. The molecule has 3 aliphatic carbocycles. The summed E-state index contributed by atoms with van der Waals surface area (Å²) in [5, 5.41) is 0. The van der Waals surface area contributed by atoms with Crippen molar-refractivity contribution in [3.8, 4) is 0 Å². The first-order valence-electron chi connectivity index (χ1n) is 13.0. The Morgan fingerprint density at radius 1 is 1.00 bits per heavy atom. The van der Waals surface area contributed by atoms with E-state index in [2.05, 4.69) is 53.1 Å². The van der Waals surface area contributed by atoms with Crippen LogP contribution in [0.5, 0.6) is 0 Å². The molecule has 180 valence electrons. The molecule has 4 nitrogen and oxygen atoms in total. The van der Waals surface area contributed by atoms with E-state index in [1.54, 1.807) is 0 Å². The van der Waals surface area contributed by atoms with Crippen LogP contribution < -0.4 is 0 Å². The number of fused-ring (bicyclic) bond motifs is 2. The fourth-order valence-electron chi connectivity index (χ4n) is 5.79. The van der Waals surface area contributed by atoms with Gasteiger partial charge in [-0.2, -0.15) is 0 Å². The lowest BCUT2D eigenvalue weighted by Gasteiger charge is -2.43. The molecule has 36 heavy (non-hydrogen) atoms. The molecule has 3 aliphatic rings. The monoisotopic (exact) mass is 474 g/mol. The van der Waals surface area contributed by atoms with Gasteiger partial charge in [-0.25, -0.2) is 4.98 Å². The number of carbonyl (C=O) groups excluding carboxylic acids is 2. The number of hydrogen-bond acceptors (Lipinski definition) is 3. The summed E-state index contributed by atoms with van der Waals surface area (Å²) >= 11 is 0. The summed E-state index contributed by atoms with van der Waals surface area (Å²) in [4.78, 5) is 30.0. The van der Waals surface area contributed by atoms with Crippen LogP contribution in [0.2, 0.25) is 0 Å². The fourth-order valence-corrected chi connectivity index (χ4v) is 5.79. The third-order valence-electron chi connectivity index (χ3n) is 8.07. The number of nitrogens with zero attached hydrogens (tertiary/aromatic N) is 2. The van der Waals surface area contributed by atoms with E-state index in [1.807, 2.05) is 36.6 Å². The van der Waals surface area contributed by atoms with Crippen LogP contribution >= 0.6 is 0 Å². The minimum atomic E-state index is -0.244. The Balaban J connectivity index is 1.10. The van der Waals surface area contributed by atoms with E-state index in [1.165, 1.54) is 36.5 Å². The molecule has 0 N–H and O–H groups in total. The summed E-state index contributed by atoms with van der Waals surface area (Å²) < 4.78 is 2.08. The topological polar surface area (TPSA) is 51.4 Å². The summed E-state index contributed by atoms with van der Waals surface area (Å²) in [5.74, 6) is -0.277. The van der Waals surface area contributed by atoms with Crippen molar-refractivity contribution in [2.45, 2.75) is 50.4 Å². The molecule has 2 aromatic heterocycles. The third-order valence-corrected chi connectivity index (χ3v) is 8.07. The van der Waals surface area contributed by atoms with Crippen LogP contribution in [0, 0.1) is 5.92 Å². The van der Waals surface area contributed by atoms with Crippen LogP contribution in [-0.2, 0) is 27.8 Å². The predicted molar refractivity (Wildman–Crippen MR) is 142 cm³/mol. The first kappa shape index (κ1) is 22.7. The van der Waals surface area contributed by atoms with Gasteiger partial charge in [-0.05, 0) is 72.4 Å². The highest BCUT2D eigenvalue weighted by atomic mass is 16.1. The van der Waals surface area contributed by atoms with Gasteiger partial charge in [0, 0.05) is 24.4 Å². The van der Waals surface area contributed by atoms with Gasteiger partial charge in [0.1, 0.15) is 5.65 Å². The summed E-state index contributed by atoms with van der Waals surface area (Å²) in [7, 11) is 0. The van der Waals surface area contributed by atoms with Crippen LogP contribution in [0.3, 0.4) is 0 Å². The molecule has 0 spiro atoms. The van der Waals surface area contributed by atoms with Crippen molar-refractivity contribution < 1.29 is 9.59 Å². The van der Waals surface area contributed by atoms with Gasteiger partial charge in [0.15, 0.2) is 11.6 Å². The molecule has 0 radical (unpaired) electrons. The van der Waals surface area contributed by atoms with Crippen LogP contribution in [0.4, 0.5) is 0 Å². The minimum absolute atomic E-state index is 0.0123. The quantitative estimate of drug-likeness (QED) is 0.398. The fraction of sp³-hybridized carbons (Fsp3) is 0.281. The molecule has 0 bridgehead atoms. The summed E-state index contributed by atoms with van der Waals surface area (Å²) in [6.45, 7) is 0. The first-order valence-corrected chi connectivity index (χ1v) is 13.0. The lowest BCUT2D eigenvalue weighted by Crippen LogP contribution is -2.34. The van der Waals surface area contributed by atoms with Gasteiger partial charge in [0.2, 0.25) is 0 Å². The number of pyridine rings is 1. The van der Waals surface area contributed by atoms with Crippen molar-refractivity contribution in [2.75, 3.05) is 0 Å². The van der Waals surface area contributed by atoms with Gasteiger partial charge in [-0.1, -0.05) is 67.1 Å². The molecular formula is C32H30N2O2. The minimum Gasteiger partial charge on any atom is -0.307 e. The Morgan fingerprint density at radius 2 is 1.86 bits per heavy atom. The van der Waals surface area contributed by atoms with Crippen LogP contribution in [0.15, 0.2) is 102 Å². The van der Waals surface area contributed by atoms with Crippen molar-refractivity contribution in [1.29, 1.82) is 0 Å². The number of allylic oxidation sites excluding steroid dienone is 8. The van der Waals surface area contributed by atoms with Crippen molar-refractivity contribution >= 4 is 17.2 Å². The number of carbonyl (C=O) groups is 2. The molecule has 1 fully saturated rings. The van der Waals surface area contributed by atoms with E-state index in [0.29, 0.717) is 23.8 Å². The zero-order valence-electron chi connectivity index (χ0n) is 20.4. The lowest BCUT2D eigenvalue weighted by molar-refractivity contribution is -0.118. The van der Waals surface area contributed by atoms with Crippen LogP contribution in [-0.4, -0.2) is 21.0 Å². The van der Waals surface area contributed by atoms with E-state index in [9.17, 15) is 9.59 Å². The van der Waals surface area contributed by atoms with Gasteiger partial charge in [0.25, 0.3) is 0 Å². The van der Waals surface area contributed by atoms with E-state index < -0.39 is 0 Å². The summed E-state index contributed by atoms with van der Waals surface area (Å²) in [5.41, 5.74) is 6.30. The van der Waals surface area contributed by atoms with E-state index >= 15 is 0 Å². The predicted octanol–water partition coefficient (Wildman–Crippen LogP) is 6.07. The van der Waals surface area contributed by atoms with Crippen molar-refractivity contribution in [3.63, 3.8) is 0 Å². The molecule has 0 saturated heterocycles. The Bertz CT molecular complexity index is 1450. The Labute approximate surface area is 211 Å². The number of aryl methyl sites for hydroxylation is 2. The maximum Gasteiger partial charge on any atom is 0.167 e. The maximum absolute atomic E-state index is 12.8. The average molecular weight is 475 g/mol. The van der Waals surface area contributed by atoms with E-state index in [4.69, 9.17) is 4.98 Å². The molecule has 2 heterocycles. The maximum atomic E-state index is 12.8. The standard InChI is InChI=1S/C32H30N2O2/c35-29(25-19-24-7-4-5-10-28(24)30(36)20-25)13-12-27-22-34-21-23(11-14-31(34)33-27)15-18-32(16-6-17-32)26-8-2-1-3-9-26/h1-5,7-11,14,19-22,28H,6,12-13,15-18H2. The smallest absolute Gasteiger partial charge is 0.167 e. The van der Waals surface area contributed by atoms with E-state index in [0.717, 1.165) is 29.8 Å². The van der Waals surface area contributed by atoms with Crippen LogP contribution in [0.25, 0.3) is 5.65 Å². The normalized spacial score (nSPS) is 20.0. The number of aromatic nitrogens is 2. The number of rotatable bonds is 8. The van der Waals surface area contributed by atoms with Crippen molar-refractivity contribution in [2.24, 2.45) is 5.92 Å². The number of imidazole rings is 1. The average Bonchev–Trinajstić information content (AvgIpc) is 3.29. The molecule has 1 unspecified atom stereocenters. The third kappa shape index (κ3) is 4.32. The van der Waals surface area contributed by atoms with Gasteiger partial charge < -0.3 is 4.40 Å². The second kappa shape index (κ2) is 9.34. The van der Waals surface area contributed by atoms with Crippen LogP contribution in [0.1, 0.15) is 48.9 Å². The molecule has 0 aliphatic heterocycles. The Hall–Kier alpha value is -3.79. The van der Waals surface area contributed by atoms with Crippen molar-refractivity contribution in [3.05, 3.63) is 119 Å². The highest BCUT2D eigenvalue weighted by Gasteiger charge is 2.37. The van der Waals surface area contributed by atoms with Gasteiger partial charge in [-0.15, -0.1) is 0 Å². The number of benzene rings is 1. The molecule has 0 amide bonds. The molecule has 3 aromatic rings.